The maximum atomic E-state index is 13.1. The van der Waals surface area contributed by atoms with Crippen molar-refractivity contribution in [1.29, 1.82) is 0 Å². The standard InChI is InChI=1S/C20H23N3O/c1-13-19-17(16-9-5-6-10-18(16)21-19)11-15-12-22(20(24)23(13)15)14-7-3-2-4-8-14/h5-6,9-10,12-14,21H,2-4,7-8,11H2,1H3. The van der Waals surface area contributed by atoms with Crippen molar-refractivity contribution in [2.75, 3.05) is 0 Å². The fraction of sp³-hybridized carbons (Fsp3) is 0.450. The van der Waals surface area contributed by atoms with Gasteiger partial charge >= 0.3 is 5.69 Å². The van der Waals surface area contributed by atoms with Crippen molar-refractivity contribution in [3.63, 3.8) is 0 Å². The van der Waals surface area contributed by atoms with Gasteiger partial charge in [-0.2, -0.15) is 0 Å². The molecule has 2 aliphatic rings. The summed E-state index contributed by atoms with van der Waals surface area (Å²) in [5.41, 5.74) is 5.07. The third-order valence-electron chi connectivity index (χ3n) is 6.00. The molecule has 124 valence electrons. The number of nitrogens with one attached hydrogen (secondary N) is 1. The van der Waals surface area contributed by atoms with Crippen LogP contribution in [0.4, 0.5) is 0 Å². The SMILES string of the molecule is CC1c2[nH]c3ccccc3c2Cc2cn(C3CCCCC3)c(=O)n21. The number of hydrogen-bond donors (Lipinski definition) is 1. The van der Waals surface area contributed by atoms with Crippen molar-refractivity contribution in [2.24, 2.45) is 0 Å². The molecule has 0 spiro atoms. The van der Waals surface area contributed by atoms with Crippen LogP contribution in [0.2, 0.25) is 0 Å². The zero-order valence-corrected chi connectivity index (χ0v) is 14.1. The fourth-order valence-electron chi connectivity index (χ4n) is 4.77. The van der Waals surface area contributed by atoms with Crippen molar-refractivity contribution < 1.29 is 0 Å². The lowest BCUT2D eigenvalue weighted by Gasteiger charge is -2.23. The first-order chi connectivity index (χ1) is 11.7. The van der Waals surface area contributed by atoms with Crippen molar-refractivity contribution in [2.45, 2.75) is 57.5 Å². The molecule has 1 saturated carbocycles. The van der Waals surface area contributed by atoms with Crippen LogP contribution in [-0.2, 0) is 6.42 Å². The molecule has 1 N–H and O–H groups in total. The van der Waals surface area contributed by atoms with E-state index in [4.69, 9.17) is 0 Å². The molecule has 1 aliphatic carbocycles. The van der Waals surface area contributed by atoms with Crippen molar-refractivity contribution in [1.82, 2.24) is 14.1 Å². The molecule has 3 heterocycles. The fourth-order valence-corrected chi connectivity index (χ4v) is 4.77. The van der Waals surface area contributed by atoms with Gasteiger partial charge in [0.1, 0.15) is 0 Å². The van der Waals surface area contributed by atoms with E-state index in [9.17, 15) is 4.79 Å². The van der Waals surface area contributed by atoms with E-state index in [-0.39, 0.29) is 11.7 Å². The summed E-state index contributed by atoms with van der Waals surface area (Å²) in [6.45, 7) is 2.14. The average molecular weight is 321 g/mol. The van der Waals surface area contributed by atoms with Crippen molar-refractivity contribution >= 4 is 10.9 Å². The lowest BCUT2D eigenvalue weighted by Crippen LogP contribution is -2.32. The van der Waals surface area contributed by atoms with Gasteiger partial charge in [-0.3, -0.25) is 9.13 Å². The van der Waals surface area contributed by atoms with E-state index in [1.807, 2.05) is 9.13 Å². The highest BCUT2D eigenvalue weighted by Crippen LogP contribution is 2.35. The summed E-state index contributed by atoms with van der Waals surface area (Å²) >= 11 is 0. The second-order valence-electron chi connectivity index (χ2n) is 7.39. The summed E-state index contributed by atoms with van der Waals surface area (Å²) in [5, 5.41) is 1.29. The van der Waals surface area contributed by atoms with Crippen LogP contribution in [-0.4, -0.2) is 14.1 Å². The number of aromatic nitrogens is 3. The van der Waals surface area contributed by atoms with Crippen LogP contribution in [0.3, 0.4) is 0 Å². The summed E-state index contributed by atoms with van der Waals surface area (Å²) in [4.78, 5) is 16.6. The minimum absolute atomic E-state index is 0.0773. The van der Waals surface area contributed by atoms with E-state index in [2.05, 4.69) is 42.4 Å². The van der Waals surface area contributed by atoms with Crippen molar-refractivity contribution in [3.8, 4) is 0 Å². The molecular formula is C20H23N3O. The molecule has 5 rings (SSSR count). The Morgan fingerprint density at radius 3 is 2.75 bits per heavy atom. The number of nitrogens with zero attached hydrogens (tertiary/aromatic N) is 2. The minimum atomic E-state index is 0.0773. The number of benzene rings is 1. The zero-order valence-electron chi connectivity index (χ0n) is 14.1. The molecule has 2 aromatic heterocycles. The normalized spacial score (nSPS) is 21.0. The molecule has 0 saturated heterocycles. The topological polar surface area (TPSA) is 42.7 Å². The van der Waals surface area contributed by atoms with Crippen LogP contribution in [0, 0.1) is 0 Å². The summed E-state index contributed by atoms with van der Waals surface area (Å²) < 4.78 is 4.03. The molecular weight excluding hydrogens is 298 g/mol. The molecule has 3 aromatic rings. The first kappa shape index (κ1) is 14.1. The van der Waals surface area contributed by atoms with Crippen LogP contribution < -0.4 is 5.69 Å². The smallest absolute Gasteiger partial charge is 0.329 e. The van der Waals surface area contributed by atoms with Gasteiger partial charge in [0.25, 0.3) is 0 Å². The van der Waals surface area contributed by atoms with Gasteiger partial charge in [-0.05, 0) is 31.4 Å². The Kier molecular flexibility index (Phi) is 3.02. The minimum Gasteiger partial charge on any atom is -0.356 e. The molecule has 1 atom stereocenters. The van der Waals surface area contributed by atoms with Crippen LogP contribution in [0.1, 0.15) is 68.1 Å². The van der Waals surface area contributed by atoms with E-state index in [1.165, 1.54) is 41.4 Å². The highest BCUT2D eigenvalue weighted by molar-refractivity contribution is 5.85. The van der Waals surface area contributed by atoms with E-state index in [1.54, 1.807) is 0 Å². The third kappa shape index (κ3) is 1.89. The summed E-state index contributed by atoms with van der Waals surface area (Å²) in [5.74, 6) is 0. The third-order valence-corrected chi connectivity index (χ3v) is 6.00. The van der Waals surface area contributed by atoms with Crippen LogP contribution in [0.15, 0.2) is 35.3 Å². The quantitative estimate of drug-likeness (QED) is 0.719. The van der Waals surface area contributed by atoms with Crippen LogP contribution >= 0.6 is 0 Å². The molecule has 1 aliphatic heterocycles. The van der Waals surface area contributed by atoms with Gasteiger partial charge in [0.05, 0.1) is 6.04 Å². The van der Waals surface area contributed by atoms with Gasteiger partial charge in [0, 0.05) is 41.0 Å². The highest BCUT2D eigenvalue weighted by atomic mass is 16.1. The predicted molar refractivity (Wildman–Crippen MR) is 95.7 cm³/mol. The second-order valence-corrected chi connectivity index (χ2v) is 7.39. The van der Waals surface area contributed by atoms with Gasteiger partial charge in [-0.25, -0.2) is 4.79 Å². The number of aromatic amines is 1. The molecule has 4 heteroatoms. The van der Waals surface area contributed by atoms with E-state index >= 15 is 0 Å². The first-order valence-electron chi connectivity index (χ1n) is 9.16. The number of rotatable bonds is 1. The van der Waals surface area contributed by atoms with Gasteiger partial charge in [-0.1, -0.05) is 37.5 Å². The molecule has 1 unspecified atom stereocenters. The number of fused-ring (bicyclic) bond motifs is 4. The predicted octanol–water partition coefficient (Wildman–Crippen LogP) is 4.15. The Hall–Kier alpha value is -2.23. The Labute approximate surface area is 141 Å². The Balaban J connectivity index is 1.64. The van der Waals surface area contributed by atoms with E-state index in [0.29, 0.717) is 6.04 Å². The van der Waals surface area contributed by atoms with Gasteiger partial charge in [0.2, 0.25) is 0 Å². The number of imidazole rings is 1. The lowest BCUT2D eigenvalue weighted by atomic mass is 9.95. The number of para-hydroxylation sites is 1. The lowest BCUT2D eigenvalue weighted by molar-refractivity contribution is 0.342. The molecule has 4 nitrogen and oxygen atoms in total. The Morgan fingerprint density at radius 1 is 1.12 bits per heavy atom. The van der Waals surface area contributed by atoms with Gasteiger partial charge in [0.15, 0.2) is 0 Å². The van der Waals surface area contributed by atoms with E-state index in [0.717, 1.165) is 25.0 Å². The molecule has 1 fully saturated rings. The number of hydrogen-bond acceptors (Lipinski definition) is 1. The largest absolute Gasteiger partial charge is 0.356 e. The molecule has 0 bridgehead atoms. The summed E-state index contributed by atoms with van der Waals surface area (Å²) in [7, 11) is 0. The summed E-state index contributed by atoms with van der Waals surface area (Å²) in [6, 6.07) is 8.93. The maximum absolute atomic E-state index is 13.1. The van der Waals surface area contributed by atoms with Gasteiger partial charge < -0.3 is 4.98 Å². The average Bonchev–Trinajstić information content (AvgIpc) is 3.15. The molecule has 0 amide bonds. The molecule has 24 heavy (non-hydrogen) atoms. The second kappa shape index (κ2) is 5.13. The summed E-state index contributed by atoms with van der Waals surface area (Å²) in [6.07, 6.45) is 9.08. The molecule has 0 radical (unpaired) electrons. The van der Waals surface area contributed by atoms with Crippen LogP contribution in [0.5, 0.6) is 0 Å². The van der Waals surface area contributed by atoms with Gasteiger partial charge in [-0.15, -0.1) is 0 Å². The maximum Gasteiger partial charge on any atom is 0.329 e. The zero-order chi connectivity index (χ0) is 16.3. The Bertz CT molecular complexity index is 969. The molecule has 1 aromatic carbocycles. The van der Waals surface area contributed by atoms with Crippen LogP contribution in [0.25, 0.3) is 10.9 Å². The Morgan fingerprint density at radius 2 is 1.92 bits per heavy atom. The number of H-pyrrole nitrogens is 1. The first-order valence-corrected chi connectivity index (χ1v) is 9.16. The monoisotopic (exact) mass is 321 g/mol. The highest BCUT2D eigenvalue weighted by Gasteiger charge is 2.30. The van der Waals surface area contributed by atoms with E-state index < -0.39 is 0 Å². The van der Waals surface area contributed by atoms with Crippen molar-refractivity contribution in [3.05, 3.63) is 57.9 Å².